The maximum Gasteiger partial charge on any atom is 0.277 e. The van der Waals surface area contributed by atoms with Crippen LogP contribution in [-0.2, 0) is 5.75 Å². The first-order chi connectivity index (χ1) is 15.0. The number of benzene rings is 3. The van der Waals surface area contributed by atoms with E-state index in [9.17, 15) is 4.79 Å². The zero-order valence-corrected chi connectivity index (χ0v) is 18.5. The van der Waals surface area contributed by atoms with Gasteiger partial charge in [0.15, 0.2) is 0 Å². The summed E-state index contributed by atoms with van der Waals surface area (Å²) in [7, 11) is 0. The number of hydrogen-bond acceptors (Lipinski definition) is 5. The largest absolute Gasteiger partial charge is 0.411 e. The van der Waals surface area contributed by atoms with Gasteiger partial charge in [-0.05, 0) is 55.7 Å². The topological polar surface area (TPSA) is 68.0 Å². The number of aryl methyl sites for hydroxylation is 3. The minimum Gasteiger partial charge on any atom is -0.411 e. The van der Waals surface area contributed by atoms with Gasteiger partial charge in [-0.15, -0.1) is 10.2 Å². The molecule has 4 rings (SSSR count). The molecule has 0 atom stereocenters. The smallest absolute Gasteiger partial charge is 0.277 e. The van der Waals surface area contributed by atoms with E-state index >= 15 is 0 Å². The molecule has 5 nitrogen and oxygen atoms in total. The number of amides is 1. The van der Waals surface area contributed by atoms with Crippen LogP contribution in [-0.4, -0.2) is 16.1 Å². The highest BCUT2D eigenvalue weighted by molar-refractivity contribution is 7.98. The average Bonchev–Trinajstić information content (AvgIpc) is 3.24. The third-order valence-corrected chi connectivity index (χ3v) is 5.82. The molecule has 0 radical (unpaired) electrons. The SMILES string of the molecule is Cc1cc(C)c(NC(=O)c2ccccc2CSc2nnc(-c3ccccc3)o2)c(C)c1. The third-order valence-electron chi connectivity index (χ3n) is 4.96. The number of hydrogen-bond donors (Lipinski definition) is 1. The summed E-state index contributed by atoms with van der Waals surface area (Å²) in [6, 6.07) is 21.4. The second-order valence-electron chi connectivity index (χ2n) is 7.41. The first-order valence-electron chi connectivity index (χ1n) is 10.00. The Bertz CT molecular complexity index is 1200. The predicted molar refractivity (Wildman–Crippen MR) is 124 cm³/mol. The van der Waals surface area contributed by atoms with Gasteiger partial charge in [0.2, 0.25) is 5.89 Å². The maximum atomic E-state index is 13.1. The Morgan fingerprint density at radius 2 is 1.61 bits per heavy atom. The number of nitrogens with one attached hydrogen (secondary N) is 1. The standard InChI is InChI=1S/C25H23N3O2S/c1-16-13-17(2)22(18(3)14-16)26-23(29)21-12-8-7-11-20(21)15-31-25-28-27-24(30-25)19-9-5-4-6-10-19/h4-14H,15H2,1-3H3,(H,26,29). The van der Waals surface area contributed by atoms with E-state index in [1.54, 1.807) is 0 Å². The second-order valence-corrected chi connectivity index (χ2v) is 8.34. The van der Waals surface area contributed by atoms with Gasteiger partial charge < -0.3 is 9.73 Å². The van der Waals surface area contributed by atoms with Crippen LogP contribution in [0.3, 0.4) is 0 Å². The number of nitrogens with zero attached hydrogens (tertiary/aromatic N) is 2. The molecule has 156 valence electrons. The predicted octanol–water partition coefficient (Wildman–Crippen LogP) is 6.21. The van der Waals surface area contributed by atoms with E-state index in [2.05, 4.69) is 34.6 Å². The Labute approximate surface area is 185 Å². The molecule has 0 spiro atoms. The van der Waals surface area contributed by atoms with E-state index in [4.69, 9.17) is 4.42 Å². The Kier molecular flexibility index (Phi) is 6.18. The van der Waals surface area contributed by atoms with Crippen molar-refractivity contribution in [2.24, 2.45) is 0 Å². The van der Waals surface area contributed by atoms with Crippen LogP contribution in [0, 0.1) is 20.8 Å². The zero-order chi connectivity index (χ0) is 21.8. The molecule has 0 aliphatic carbocycles. The van der Waals surface area contributed by atoms with Crippen LogP contribution in [0.1, 0.15) is 32.6 Å². The maximum absolute atomic E-state index is 13.1. The molecule has 0 saturated heterocycles. The zero-order valence-electron chi connectivity index (χ0n) is 17.7. The fourth-order valence-electron chi connectivity index (χ4n) is 3.53. The van der Waals surface area contributed by atoms with Gasteiger partial charge in [-0.2, -0.15) is 0 Å². The van der Waals surface area contributed by atoms with Crippen molar-refractivity contribution in [2.75, 3.05) is 5.32 Å². The van der Waals surface area contributed by atoms with Crippen LogP contribution in [0.5, 0.6) is 0 Å². The van der Waals surface area contributed by atoms with E-state index < -0.39 is 0 Å². The molecule has 6 heteroatoms. The fraction of sp³-hybridized carbons (Fsp3) is 0.160. The van der Waals surface area contributed by atoms with Crippen LogP contribution in [0.25, 0.3) is 11.5 Å². The number of carbonyl (C=O) groups excluding carboxylic acids is 1. The highest BCUT2D eigenvalue weighted by Gasteiger charge is 2.15. The van der Waals surface area contributed by atoms with Gasteiger partial charge in [-0.1, -0.05) is 65.9 Å². The number of carbonyl (C=O) groups is 1. The first kappa shape index (κ1) is 20.9. The lowest BCUT2D eigenvalue weighted by atomic mass is 10.0. The minimum absolute atomic E-state index is 0.123. The Morgan fingerprint density at radius 3 is 2.35 bits per heavy atom. The van der Waals surface area contributed by atoms with Gasteiger partial charge >= 0.3 is 0 Å². The molecule has 1 aromatic heterocycles. The summed E-state index contributed by atoms with van der Waals surface area (Å²) in [5, 5.41) is 11.8. The van der Waals surface area contributed by atoms with Crippen molar-refractivity contribution in [3.8, 4) is 11.5 Å². The van der Waals surface area contributed by atoms with Crippen LogP contribution >= 0.6 is 11.8 Å². The highest BCUT2D eigenvalue weighted by atomic mass is 32.2. The van der Waals surface area contributed by atoms with Gasteiger partial charge in [0.1, 0.15) is 0 Å². The molecule has 0 aliphatic rings. The van der Waals surface area contributed by atoms with Crippen LogP contribution in [0.2, 0.25) is 0 Å². The molecule has 3 aromatic carbocycles. The summed E-state index contributed by atoms with van der Waals surface area (Å²) in [6.45, 7) is 6.08. The lowest BCUT2D eigenvalue weighted by Crippen LogP contribution is -2.15. The van der Waals surface area contributed by atoms with Gasteiger partial charge in [0.25, 0.3) is 11.1 Å². The van der Waals surface area contributed by atoms with Crippen molar-refractivity contribution < 1.29 is 9.21 Å². The third kappa shape index (κ3) is 4.86. The molecule has 1 heterocycles. The summed E-state index contributed by atoms with van der Waals surface area (Å²) < 4.78 is 5.77. The number of anilines is 1. The van der Waals surface area contributed by atoms with E-state index in [1.807, 2.05) is 68.4 Å². The van der Waals surface area contributed by atoms with Crippen molar-refractivity contribution in [1.29, 1.82) is 0 Å². The highest BCUT2D eigenvalue weighted by Crippen LogP contribution is 2.28. The minimum atomic E-state index is -0.123. The monoisotopic (exact) mass is 429 g/mol. The van der Waals surface area contributed by atoms with Crippen molar-refractivity contribution in [2.45, 2.75) is 31.7 Å². The Hall–Kier alpha value is -3.38. The summed E-state index contributed by atoms with van der Waals surface area (Å²) in [4.78, 5) is 13.1. The van der Waals surface area contributed by atoms with E-state index in [-0.39, 0.29) is 5.91 Å². The quantitative estimate of drug-likeness (QED) is 0.369. The summed E-state index contributed by atoms with van der Waals surface area (Å²) in [5.74, 6) is 0.910. The summed E-state index contributed by atoms with van der Waals surface area (Å²) in [6.07, 6.45) is 0. The number of thioether (sulfide) groups is 1. The molecular weight excluding hydrogens is 406 g/mol. The van der Waals surface area contributed by atoms with Gasteiger partial charge in [-0.3, -0.25) is 4.79 Å². The lowest BCUT2D eigenvalue weighted by molar-refractivity contribution is 0.102. The van der Waals surface area contributed by atoms with Crippen LogP contribution in [0.4, 0.5) is 5.69 Å². The molecule has 31 heavy (non-hydrogen) atoms. The van der Waals surface area contributed by atoms with Gasteiger partial charge in [0.05, 0.1) is 0 Å². The molecular formula is C25H23N3O2S. The van der Waals surface area contributed by atoms with E-state index in [0.29, 0.717) is 22.4 Å². The Morgan fingerprint density at radius 1 is 0.935 bits per heavy atom. The summed E-state index contributed by atoms with van der Waals surface area (Å²) in [5.41, 5.74) is 6.57. The van der Waals surface area contributed by atoms with Crippen LogP contribution in [0.15, 0.2) is 76.4 Å². The first-order valence-corrected chi connectivity index (χ1v) is 11.0. The van der Waals surface area contributed by atoms with E-state index in [1.165, 1.54) is 17.3 Å². The molecule has 1 amide bonds. The molecule has 0 saturated carbocycles. The molecule has 0 bridgehead atoms. The average molecular weight is 430 g/mol. The normalized spacial score (nSPS) is 10.8. The molecule has 4 aromatic rings. The van der Waals surface area contributed by atoms with Crippen molar-refractivity contribution >= 4 is 23.4 Å². The van der Waals surface area contributed by atoms with E-state index in [0.717, 1.165) is 27.9 Å². The molecule has 0 unspecified atom stereocenters. The number of aromatic nitrogens is 2. The summed E-state index contributed by atoms with van der Waals surface area (Å²) >= 11 is 1.41. The second kappa shape index (κ2) is 9.18. The van der Waals surface area contributed by atoms with Gasteiger partial charge in [0, 0.05) is 22.6 Å². The van der Waals surface area contributed by atoms with Gasteiger partial charge in [-0.25, -0.2) is 0 Å². The molecule has 1 N–H and O–H groups in total. The van der Waals surface area contributed by atoms with Crippen LogP contribution < -0.4 is 5.32 Å². The fourth-order valence-corrected chi connectivity index (χ4v) is 4.30. The van der Waals surface area contributed by atoms with Crippen molar-refractivity contribution in [3.05, 3.63) is 94.5 Å². The molecule has 0 fully saturated rings. The van der Waals surface area contributed by atoms with Crippen molar-refractivity contribution in [3.63, 3.8) is 0 Å². The molecule has 0 aliphatic heterocycles. The Balaban J connectivity index is 1.49. The number of rotatable bonds is 6. The van der Waals surface area contributed by atoms with Crippen molar-refractivity contribution in [1.82, 2.24) is 10.2 Å². The lowest BCUT2D eigenvalue weighted by Gasteiger charge is -2.14.